The first-order valence-electron chi connectivity index (χ1n) is 6.59. The number of hydrogen-bond acceptors (Lipinski definition) is 0. The van der Waals surface area contributed by atoms with Gasteiger partial charge in [-0.25, -0.2) is 0 Å². The van der Waals surface area contributed by atoms with Crippen LogP contribution in [0, 0.1) is 6.42 Å². The third kappa shape index (κ3) is 3.37. The number of benzene rings is 1. The van der Waals surface area contributed by atoms with E-state index in [1.54, 1.807) is 16.7 Å². The second-order valence-electron chi connectivity index (χ2n) is 4.79. The molecule has 89 valence electrons. The van der Waals surface area contributed by atoms with Crippen molar-refractivity contribution in [3.8, 4) is 0 Å². The highest BCUT2D eigenvalue weighted by molar-refractivity contribution is 5.37. The van der Waals surface area contributed by atoms with Crippen molar-refractivity contribution < 1.29 is 0 Å². The molecular formula is C16H25. The minimum absolute atomic E-state index is 0.645. The lowest BCUT2D eigenvalue weighted by Crippen LogP contribution is -2.01. The van der Waals surface area contributed by atoms with Crippen LogP contribution in [0.25, 0.3) is 0 Å². The number of aryl methyl sites for hydroxylation is 1. The van der Waals surface area contributed by atoms with E-state index in [0.717, 1.165) is 6.42 Å². The van der Waals surface area contributed by atoms with Crippen LogP contribution in [0.4, 0.5) is 0 Å². The Morgan fingerprint density at radius 2 is 2.00 bits per heavy atom. The lowest BCUT2D eigenvalue weighted by atomic mass is 9.89. The first kappa shape index (κ1) is 13.3. The van der Waals surface area contributed by atoms with Gasteiger partial charge in [-0.05, 0) is 48.3 Å². The topological polar surface area (TPSA) is 0 Å². The van der Waals surface area contributed by atoms with E-state index in [0.29, 0.717) is 5.92 Å². The highest BCUT2D eigenvalue weighted by atomic mass is 14.1. The van der Waals surface area contributed by atoms with Gasteiger partial charge in [0.2, 0.25) is 0 Å². The normalized spacial score (nSPS) is 11.1. The van der Waals surface area contributed by atoms with Crippen molar-refractivity contribution in [3.63, 3.8) is 0 Å². The van der Waals surface area contributed by atoms with Gasteiger partial charge in [-0.15, -0.1) is 0 Å². The van der Waals surface area contributed by atoms with Gasteiger partial charge in [-0.2, -0.15) is 0 Å². The van der Waals surface area contributed by atoms with Crippen molar-refractivity contribution in [2.24, 2.45) is 0 Å². The standard InChI is InChI=1S/C16H25/c1-5-7-8-11-16-14(6-2)10-9-12-15(16)13(3)4/h5,9-10,12-13H,6-8,11H2,1-4H3. The Hall–Kier alpha value is -0.780. The molecule has 1 aromatic rings. The van der Waals surface area contributed by atoms with Crippen molar-refractivity contribution in [3.05, 3.63) is 41.3 Å². The summed E-state index contributed by atoms with van der Waals surface area (Å²) in [7, 11) is 0. The van der Waals surface area contributed by atoms with Gasteiger partial charge in [0.1, 0.15) is 0 Å². The highest BCUT2D eigenvalue weighted by Gasteiger charge is 2.09. The fourth-order valence-corrected chi connectivity index (χ4v) is 2.31. The molecule has 1 rings (SSSR count). The molecule has 0 amide bonds. The van der Waals surface area contributed by atoms with Crippen molar-refractivity contribution in [2.75, 3.05) is 0 Å². The molecular weight excluding hydrogens is 192 g/mol. The Balaban J connectivity index is 2.91. The van der Waals surface area contributed by atoms with E-state index in [2.05, 4.69) is 52.3 Å². The van der Waals surface area contributed by atoms with Gasteiger partial charge in [-0.1, -0.05) is 52.3 Å². The summed E-state index contributed by atoms with van der Waals surface area (Å²) in [4.78, 5) is 0. The first-order chi connectivity index (χ1) is 7.70. The number of hydrogen-bond donors (Lipinski definition) is 0. The number of unbranched alkanes of at least 4 members (excludes halogenated alkanes) is 2. The van der Waals surface area contributed by atoms with Gasteiger partial charge in [0.05, 0.1) is 0 Å². The Labute approximate surface area is 101 Å². The van der Waals surface area contributed by atoms with E-state index >= 15 is 0 Å². The van der Waals surface area contributed by atoms with Gasteiger partial charge < -0.3 is 0 Å². The summed E-state index contributed by atoms with van der Waals surface area (Å²) < 4.78 is 0. The summed E-state index contributed by atoms with van der Waals surface area (Å²) in [5.41, 5.74) is 4.71. The zero-order valence-corrected chi connectivity index (χ0v) is 11.2. The molecule has 0 fully saturated rings. The first-order valence-corrected chi connectivity index (χ1v) is 6.59. The molecule has 0 saturated carbocycles. The van der Waals surface area contributed by atoms with E-state index in [1.165, 1.54) is 19.3 Å². The maximum Gasteiger partial charge on any atom is -0.0216 e. The van der Waals surface area contributed by atoms with Crippen molar-refractivity contribution in [2.45, 2.75) is 59.3 Å². The zero-order valence-electron chi connectivity index (χ0n) is 11.2. The predicted octanol–water partition coefficient (Wildman–Crippen LogP) is 4.92. The van der Waals surface area contributed by atoms with Crippen molar-refractivity contribution in [1.82, 2.24) is 0 Å². The fraction of sp³-hybridized carbons (Fsp3) is 0.562. The van der Waals surface area contributed by atoms with Gasteiger partial charge >= 0.3 is 0 Å². The molecule has 0 bridgehead atoms. The number of rotatable bonds is 6. The lowest BCUT2D eigenvalue weighted by Gasteiger charge is -2.16. The van der Waals surface area contributed by atoms with Crippen LogP contribution >= 0.6 is 0 Å². The molecule has 0 saturated heterocycles. The summed E-state index contributed by atoms with van der Waals surface area (Å²) in [6.07, 6.45) is 7.18. The lowest BCUT2D eigenvalue weighted by molar-refractivity contribution is 0.766. The molecule has 1 aromatic carbocycles. The molecule has 0 atom stereocenters. The van der Waals surface area contributed by atoms with Crippen LogP contribution in [0.15, 0.2) is 18.2 Å². The quantitative estimate of drug-likeness (QED) is 0.593. The molecule has 0 aliphatic carbocycles. The molecule has 16 heavy (non-hydrogen) atoms. The van der Waals surface area contributed by atoms with E-state index in [1.807, 2.05) is 0 Å². The van der Waals surface area contributed by atoms with Crippen LogP contribution in [0.2, 0.25) is 0 Å². The monoisotopic (exact) mass is 217 g/mol. The summed E-state index contributed by atoms with van der Waals surface area (Å²) in [5, 5.41) is 0. The van der Waals surface area contributed by atoms with Crippen molar-refractivity contribution >= 4 is 0 Å². The minimum atomic E-state index is 0.645. The largest absolute Gasteiger partial charge is 0.0623 e. The minimum Gasteiger partial charge on any atom is -0.0623 e. The Morgan fingerprint density at radius 3 is 2.56 bits per heavy atom. The Bertz CT molecular complexity index is 310. The van der Waals surface area contributed by atoms with E-state index < -0.39 is 0 Å². The third-order valence-corrected chi connectivity index (χ3v) is 3.23. The van der Waals surface area contributed by atoms with E-state index in [9.17, 15) is 0 Å². The second-order valence-corrected chi connectivity index (χ2v) is 4.79. The fourth-order valence-electron chi connectivity index (χ4n) is 2.31. The zero-order chi connectivity index (χ0) is 12.0. The molecule has 0 unspecified atom stereocenters. The van der Waals surface area contributed by atoms with Crippen LogP contribution in [0.3, 0.4) is 0 Å². The average Bonchev–Trinajstić information content (AvgIpc) is 2.29. The van der Waals surface area contributed by atoms with Gasteiger partial charge in [0.15, 0.2) is 0 Å². The Morgan fingerprint density at radius 1 is 1.25 bits per heavy atom. The molecule has 0 aliphatic heterocycles. The molecule has 0 heterocycles. The van der Waals surface area contributed by atoms with Crippen LogP contribution in [-0.4, -0.2) is 0 Å². The van der Waals surface area contributed by atoms with Gasteiger partial charge in [0.25, 0.3) is 0 Å². The SMILES string of the molecule is C[CH]CCCc1c(CC)cccc1C(C)C. The molecule has 1 radical (unpaired) electrons. The molecule has 0 nitrogen and oxygen atoms in total. The summed E-state index contributed by atoms with van der Waals surface area (Å²) in [5.74, 6) is 0.645. The third-order valence-electron chi connectivity index (χ3n) is 3.23. The predicted molar refractivity (Wildman–Crippen MR) is 72.8 cm³/mol. The van der Waals surface area contributed by atoms with Gasteiger partial charge in [0, 0.05) is 0 Å². The van der Waals surface area contributed by atoms with Crippen LogP contribution in [-0.2, 0) is 12.8 Å². The van der Waals surface area contributed by atoms with E-state index in [4.69, 9.17) is 0 Å². The molecule has 0 aromatic heterocycles. The van der Waals surface area contributed by atoms with Crippen LogP contribution in [0.1, 0.15) is 63.1 Å². The molecule has 0 heteroatoms. The highest BCUT2D eigenvalue weighted by Crippen LogP contribution is 2.25. The summed E-state index contributed by atoms with van der Waals surface area (Å²) in [6, 6.07) is 6.80. The van der Waals surface area contributed by atoms with Gasteiger partial charge in [-0.3, -0.25) is 0 Å². The summed E-state index contributed by atoms with van der Waals surface area (Å²) >= 11 is 0. The molecule has 0 N–H and O–H groups in total. The smallest absolute Gasteiger partial charge is 0.0216 e. The van der Waals surface area contributed by atoms with E-state index in [-0.39, 0.29) is 0 Å². The second kappa shape index (κ2) is 6.73. The maximum atomic E-state index is 2.30. The molecule has 0 spiro atoms. The average molecular weight is 217 g/mol. The summed E-state index contributed by atoms with van der Waals surface area (Å²) in [6.45, 7) is 9.00. The van der Waals surface area contributed by atoms with Crippen molar-refractivity contribution in [1.29, 1.82) is 0 Å². The molecule has 0 aliphatic rings. The van der Waals surface area contributed by atoms with Crippen LogP contribution < -0.4 is 0 Å². The van der Waals surface area contributed by atoms with Crippen LogP contribution in [0.5, 0.6) is 0 Å². The Kier molecular flexibility index (Phi) is 5.59. The maximum absolute atomic E-state index is 2.30.